The van der Waals surface area contributed by atoms with Crippen LogP contribution in [-0.2, 0) is 13.2 Å². The molecule has 0 atom stereocenters. The SMILES string of the molecule is Cc1ccc(C)c(NC(=O)NCc2ccccc2CO)c1. The molecule has 0 fully saturated rings. The third-order valence-corrected chi connectivity index (χ3v) is 3.37. The molecule has 0 saturated carbocycles. The number of aliphatic hydroxyl groups is 1. The van der Waals surface area contributed by atoms with Gasteiger partial charge in [-0.2, -0.15) is 0 Å². The largest absolute Gasteiger partial charge is 0.392 e. The van der Waals surface area contributed by atoms with Crippen molar-refractivity contribution in [3.63, 3.8) is 0 Å². The molecule has 4 heteroatoms. The van der Waals surface area contributed by atoms with Gasteiger partial charge in [0.15, 0.2) is 0 Å². The summed E-state index contributed by atoms with van der Waals surface area (Å²) in [6, 6.07) is 13.2. The second-order valence-electron chi connectivity index (χ2n) is 5.05. The van der Waals surface area contributed by atoms with Crippen LogP contribution < -0.4 is 10.6 Å². The molecular weight excluding hydrogens is 264 g/mol. The Morgan fingerprint density at radius 3 is 2.52 bits per heavy atom. The Morgan fingerprint density at radius 1 is 1.10 bits per heavy atom. The molecule has 2 rings (SSSR count). The van der Waals surface area contributed by atoms with Crippen LogP contribution in [0.3, 0.4) is 0 Å². The van der Waals surface area contributed by atoms with Crippen LogP contribution in [0, 0.1) is 13.8 Å². The van der Waals surface area contributed by atoms with Gasteiger partial charge in [-0.1, -0.05) is 36.4 Å². The van der Waals surface area contributed by atoms with Crippen molar-refractivity contribution in [2.45, 2.75) is 27.0 Å². The summed E-state index contributed by atoms with van der Waals surface area (Å²) >= 11 is 0. The van der Waals surface area contributed by atoms with Gasteiger partial charge in [0.25, 0.3) is 0 Å². The maximum atomic E-state index is 12.0. The number of rotatable bonds is 4. The third-order valence-electron chi connectivity index (χ3n) is 3.37. The van der Waals surface area contributed by atoms with Gasteiger partial charge in [-0.15, -0.1) is 0 Å². The average molecular weight is 284 g/mol. The number of hydrogen-bond acceptors (Lipinski definition) is 2. The maximum Gasteiger partial charge on any atom is 0.319 e. The van der Waals surface area contributed by atoms with E-state index in [0.717, 1.165) is 27.9 Å². The van der Waals surface area contributed by atoms with E-state index in [1.165, 1.54) is 0 Å². The Hall–Kier alpha value is -2.33. The van der Waals surface area contributed by atoms with E-state index in [-0.39, 0.29) is 12.6 Å². The van der Waals surface area contributed by atoms with Crippen molar-refractivity contribution >= 4 is 11.7 Å². The summed E-state index contributed by atoms with van der Waals surface area (Å²) in [5, 5.41) is 14.9. The molecule has 21 heavy (non-hydrogen) atoms. The zero-order valence-electron chi connectivity index (χ0n) is 12.3. The number of nitrogens with one attached hydrogen (secondary N) is 2. The molecule has 0 aliphatic carbocycles. The number of carbonyl (C=O) groups excluding carboxylic acids is 1. The summed E-state index contributed by atoms with van der Waals surface area (Å²) in [6.07, 6.45) is 0. The minimum absolute atomic E-state index is 0.0313. The molecule has 0 aliphatic rings. The normalized spacial score (nSPS) is 10.2. The zero-order valence-corrected chi connectivity index (χ0v) is 12.3. The zero-order chi connectivity index (χ0) is 15.2. The molecular formula is C17H20N2O2. The van der Waals surface area contributed by atoms with E-state index in [1.807, 2.05) is 56.3 Å². The summed E-state index contributed by atoms with van der Waals surface area (Å²) in [7, 11) is 0. The van der Waals surface area contributed by atoms with Crippen LogP contribution in [0.5, 0.6) is 0 Å². The predicted octanol–water partition coefficient (Wildman–Crippen LogP) is 3.12. The first-order valence-corrected chi connectivity index (χ1v) is 6.90. The fraction of sp³-hybridized carbons (Fsp3) is 0.235. The summed E-state index contributed by atoms with van der Waals surface area (Å²) < 4.78 is 0. The number of anilines is 1. The van der Waals surface area contributed by atoms with Crippen molar-refractivity contribution in [1.29, 1.82) is 0 Å². The van der Waals surface area contributed by atoms with E-state index in [0.29, 0.717) is 6.54 Å². The molecule has 2 aromatic rings. The van der Waals surface area contributed by atoms with E-state index in [2.05, 4.69) is 10.6 Å². The fourth-order valence-electron chi connectivity index (χ4n) is 2.10. The Bertz CT molecular complexity index is 638. The second kappa shape index (κ2) is 6.90. The Balaban J connectivity index is 1.97. The number of carbonyl (C=O) groups is 1. The molecule has 110 valence electrons. The maximum absolute atomic E-state index is 12.0. The van der Waals surface area contributed by atoms with E-state index < -0.39 is 0 Å². The summed E-state index contributed by atoms with van der Waals surface area (Å²) in [4.78, 5) is 12.0. The van der Waals surface area contributed by atoms with Gasteiger partial charge in [-0.25, -0.2) is 4.79 Å². The fourth-order valence-corrected chi connectivity index (χ4v) is 2.10. The first-order chi connectivity index (χ1) is 10.1. The van der Waals surface area contributed by atoms with Crippen molar-refractivity contribution in [2.24, 2.45) is 0 Å². The monoisotopic (exact) mass is 284 g/mol. The highest BCUT2D eigenvalue weighted by Gasteiger charge is 2.06. The van der Waals surface area contributed by atoms with Crippen LogP contribution in [0.25, 0.3) is 0 Å². The van der Waals surface area contributed by atoms with Gasteiger partial charge in [0, 0.05) is 12.2 Å². The highest BCUT2D eigenvalue weighted by Crippen LogP contribution is 2.16. The minimum Gasteiger partial charge on any atom is -0.392 e. The third kappa shape index (κ3) is 4.07. The lowest BCUT2D eigenvalue weighted by atomic mass is 10.1. The first kappa shape index (κ1) is 15.1. The van der Waals surface area contributed by atoms with Crippen LogP contribution in [-0.4, -0.2) is 11.1 Å². The molecule has 0 spiro atoms. The van der Waals surface area contributed by atoms with Crippen molar-refractivity contribution in [2.75, 3.05) is 5.32 Å². The Morgan fingerprint density at radius 2 is 1.81 bits per heavy atom. The smallest absolute Gasteiger partial charge is 0.319 e. The van der Waals surface area contributed by atoms with E-state index in [1.54, 1.807) is 0 Å². The van der Waals surface area contributed by atoms with Gasteiger partial charge in [-0.05, 0) is 42.2 Å². The molecule has 0 radical (unpaired) electrons. The van der Waals surface area contributed by atoms with E-state index in [9.17, 15) is 9.90 Å². The molecule has 0 aliphatic heterocycles. The molecule has 0 heterocycles. The molecule has 2 amide bonds. The number of amides is 2. The number of aliphatic hydroxyl groups excluding tert-OH is 1. The molecule has 0 aromatic heterocycles. The molecule has 4 nitrogen and oxygen atoms in total. The highest BCUT2D eigenvalue weighted by molar-refractivity contribution is 5.90. The van der Waals surface area contributed by atoms with E-state index in [4.69, 9.17) is 0 Å². The summed E-state index contributed by atoms with van der Waals surface area (Å²) in [5.41, 5.74) is 4.66. The van der Waals surface area contributed by atoms with Crippen LogP contribution in [0.1, 0.15) is 22.3 Å². The van der Waals surface area contributed by atoms with Gasteiger partial charge >= 0.3 is 6.03 Å². The molecule has 2 aromatic carbocycles. The van der Waals surface area contributed by atoms with Crippen molar-refractivity contribution < 1.29 is 9.90 Å². The van der Waals surface area contributed by atoms with Gasteiger partial charge in [0.2, 0.25) is 0 Å². The van der Waals surface area contributed by atoms with E-state index >= 15 is 0 Å². The van der Waals surface area contributed by atoms with Crippen molar-refractivity contribution in [1.82, 2.24) is 5.32 Å². The summed E-state index contributed by atoms with van der Waals surface area (Å²) in [6.45, 7) is 4.29. The van der Waals surface area contributed by atoms with Crippen LogP contribution in [0.15, 0.2) is 42.5 Å². The van der Waals surface area contributed by atoms with Crippen LogP contribution in [0.4, 0.5) is 10.5 Å². The van der Waals surface area contributed by atoms with Gasteiger partial charge in [0.1, 0.15) is 0 Å². The highest BCUT2D eigenvalue weighted by atomic mass is 16.3. The lowest BCUT2D eigenvalue weighted by Gasteiger charge is -2.12. The van der Waals surface area contributed by atoms with Crippen molar-refractivity contribution in [3.05, 3.63) is 64.7 Å². The number of hydrogen-bond donors (Lipinski definition) is 3. The molecule has 0 unspecified atom stereocenters. The first-order valence-electron chi connectivity index (χ1n) is 6.90. The number of urea groups is 1. The van der Waals surface area contributed by atoms with Crippen LogP contribution in [0.2, 0.25) is 0 Å². The van der Waals surface area contributed by atoms with Crippen molar-refractivity contribution in [3.8, 4) is 0 Å². The predicted molar refractivity (Wildman–Crippen MR) is 84.1 cm³/mol. The lowest BCUT2D eigenvalue weighted by Crippen LogP contribution is -2.28. The minimum atomic E-state index is -0.253. The van der Waals surface area contributed by atoms with Gasteiger partial charge in [0.05, 0.1) is 6.61 Å². The molecule has 3 N–H and O–H groups in total. The standard InChI is InChI=1S/C17H20N2O2/c1-12-7-8-13(2)16(9-12)19-17(21)18-10-14-5-3-4-6-15(14)11-20/h3-9,20H,10-11H2,1-2H3,(H2,18,19,21). The van der Waals surface area contributed by atoms with Gasteiger partial charge in [-0.3, -0.25) is 0 Å². The average Bonchev–Trinajstić information content (AvgIpc) is 2.49. The quantitative estimate of drug-likeness (QED) is 0.808. The van der Waals surface area contributed by atoms with Gasteiger partial charge < -0.3 is 15.7 Å². The molecule has 0 saturated heterocycles. The Kier molecular flexibility index (Phi) is 4.95. The lowest BCUT2D eigenvalue weighted by molar-refractivity contribution is 0.251. The number of benzene rings is 2. The number of aryl methyl sites for hydroxylation is 2. The second-order valence-corrected chi connectivity index (χ2v) is 5.05. The summed E-state index contributed by atoms with van der Waals surface area (Å²) in [5.74, 6) is 0. The Labute approximate surface area is 124 Å². The van der Waals surface area contributed by atoms with Crippen LogP contribution >= 0.6 is 0 Å². The molecule has 0 bridgehead atoms. The topological polar surface area (TPSA) is 61.4 Å².